The van der Waals surface area contributed by atoms with E-state index in [2.05, 4.69) is 39.0 Å². The van der Waals surface area contributed by atoms with E-state index >= 15 is 0 Å². The number of carbonyl (C=O) groups is 1. The molecule has 2 heterocycles. The van der Waals surface area contributed by atoms with Gasteiger partial charge in [-0.15, -0.1) is 0 Å². The summed E-state index contributed by atoms with van der Waals surface area (Å²) >= 11 is 0. The molecular formula is C21H27N3O2. The zero-order valence-electron chi connectivity index (χ0n) is 15.8. The summed E-state index contributed by atoms with van der Waals surface area (Å²) < 4.78 is 5.37. The van der Waals surface area contributed by atoms with E-state index in [9.17, 15) is 4.79 Å². The zero-order chi connectivity index (χ0) is 18.5. The van der Waals surface area contributed by atoms with Crippen LogP contribution in [0.25, 0.3) is 0 Å². The van der Waals surface area contributed by atoms with Crippen molar-refractivity contribution in [1.82, 2.24) is 9.88 Å². The molecule has 26 heavy (non-hydrogen) atoms. The molecule has 5 heteroatoms. The van der Waals surface area contributed by atoms with Gasteiger partial charge in [-0.1, -0.05) is 30.3 Å². The Morgan fingerprint density at radius 1 is 1.27 bits per heavy atom. The number of pyridine rings is 1. The van der Waals surface area contributed by atoms with Gasteiger partial charge in [0.2, 0.25) is 0 Å². The minimum absolute atomic E-state index is 0.145. The van der Waals surface area contributed by atoms with Crippen LogP contribution < -0.4 is 4.90 Å². The van der Waals surface area contributed by atoms with Crippen LogP contribution in [0.15, 0.2) is 48.7 Å². The average Bonchev–Trinajstić information content (AvgIpc) is 3.10. The molecule has 1 aromatic heterocycles. The Labute approximate surface area is 155 Å². The molecular weight excluding hydrogens is 326 g/mol. The lowest BCUT2D eigenvalue weighted by molar-refractivity contribution is 0.0378. The molecule has 0 bridgehead atoms. The summed E-state index contributed by atoms with van der Waals surface area (Å²) in [6.07, 6.45) is 2.64. The molecule has 0 spiro atoms. The van der Waals surface area contributed by atoms with Gasteiger partial charge in [0.05, 0.1) is 6.10 Å². The Hall–Kier alpha value is -2.40. The number of anilines is 1. The molecule has 1 aromatic carbocycles. The summed E-state index contributed by atoms with van der Waals surface area (Å²) in [4.78, 5) is 21.4. The molecule has 1 saturated heterocycles. The number of aromatic nitrogens is 1. The Morgan fingerprint density at radius 2 is 2.04 bits per heavy atom. The van der Waals surface area contributed by atoms with Crippen LogP contribution in [0.4, 0.5) is 5.82 Å². The third-order valence-electron chi connectivity index (χ3n) is 4.73. The van der Waals surface area contributed by atoms with Crippen LogP contribution in [0.3, 0.4) is 0 Å². The fraction of sp³-hybridized carbons (Fsp3) is 0.429. The minimum atomic E-state index is -0.311. The van der Waals surface area contributed by atoms with E-state index in [-0.39, 0.29) is 12.1 Å². The number of likely N-dealkylation sites (N-methyl/N-ethyl adjacent to an activating group) is 1. The Morgan fingerprint density at radius 3 is 2.77 bits per heavy atom. The Balaban J connectivity index is 1.68. The number of benzene rings is 1. The van der Waals surface area contributed by atoms with Crippen molar-refractivity contribution in [3.8, 4) is 0 Å². The molecule has 0 saturated carbocycles. The van der Waals surface area contributed by atoms with Crippen LogP contribution in [0.5, 0.6) is 0 Å². The third-order valence-corrected chi connectivity index (χ3v) is 4.73. The lowest BCUT2D eigenvalue weighted by Crippen LogP contribution is -2.36. The predicted molar refractivity (Wildman–Crippen MR) is 103 cm³/mol. The van der Waals surface area contributed by atoms with Crippen molar-refractivity contribution >= 4 is 11.8 Å². The first-order chi connectivity index (χ1) is 12.5. The molecule has 0 N–H and O–H groups in total. The lowest BCUT2D eigenvalue weighted by Gasteiger charge is -2.27. The van der Waals surface area contributed by atoms with Crippen molar-refractivity contribution in [1.29, 1.82) is 0 Å². The topological polar surface area (TPSA) is 45.7 Å². The number of carbonyl (C=O) groups excluding carboxylic acids is 1. The highest BCUT2D eigenvalue weighted by Gasteiger charge is 2.29. The van der Waals surface area contributed by atoms with E-state index in [4.69, 9.17) is 4.74 Å². The molecule has 0 aliphatic carbocycles. The van der Waals surface area contributed by atoms with Gasteiger partial charge < -0.3 is 9.64 Å². The number of hydrogen-bond donors (Lipinski definition) is 0. The summed E-state index contributed by atoms with van der Waals surface area (Å²) in [5, 5.41) is 0. The summed E-state index contributed by atoms with van der Waals surface area (Å²) in [7, 11) is 2.02. The van der Waals surface area contributed by atoms with Crippen molar-refractivity contribution in [2.24, 2.45) is 0 Å². The van der Waals surface area contributed by atoms with Gasteiger partial charge in [0.1, 0.15) is 11.4 Å². The van der Waals surface area contributed by atoms with Gasteiger partial charge in [-0.05, 0) is 38.0 Å². The molecule has 0 amide bonds. The van der Waals surface area contributed by atoms with Crippen molar-refractivity contribution in [3.05, 3.63) is 59.8 Å². The average molecular weight is 353 g/mol. The third kappa shape index (κ3) is 4.41. The quantitative estimate of drug-likeness (QED) is 0.745. The largest absolute Gasteiger partial charge is 0.459 e. The minimum Gasteiger partial charge on any atom is -0.459 e. The van der Waals surface area contributed by atoms with E-state index in [0.29, 0.717) is 17.4 Å². The number of hydrogen-bond acceptors (Lipinski definition) is 5. The molecule has 1 aliphatic heterocycles. The maximum absolute atomic E-state index is 12.4. The van der Waals surface area contributed by atoms with Crippen molar-refractivity contribution in [2.75, 3.05) is 25.0 Å². The van der Waals surface area contributed by atoms with Crippen LogP contribution in [0.2, 0.25) is 0 Å². The van der Waals surface area contributed by atoms with E-state index in [0.717, 1.165) is 26.1 Å². The molecule has 3 rings (SSSR count). The highest BCUT2D eigenvalue weighted by Crippen LogP contribution is 2.24. The number of likely N-dealkylation sites (tertiary alicyclic amines) is 1. The molecule has 2 aromatic rings. The molecule has 1 aliphatic rings. The van der Waals surface area contributed by atoms with E-state index < -0.39 is 0 Å². The summed E-state index contributed by atoms with van der Waals surface area (Å²) in [5.74, 6) is 0.388. The first-order valence-electron chi connectivity index (χ1n) is 9.19. The van der Waals surface area contributed by atoms with Crippen LogP contribution >= 0.6 is 0 Å². The van der Waals surface area contributed by atoms with Gasteiger partial charge in [-0.2, -0.15) is 0 Å². The van der Waals surface area contributed by atoms with Crippen LogP contribution in [-0.4, -0.2) is 48.1 Å². The summed E-state index contributed by atoms with van der Waals surface area (Å²) in [5.41, 5.74) is 1.86. The predicted octanol–water partition coefficient (Wildman–Crippen LogP) is 3.36. The Bertz CT molecular complexity index is 733. The van der Waals surface area contributed by atoms with Crippen LogP contribution in [0.1, 0.15) is 36.2 Å². The maximum atomic E-state index is 12.4. The molecule has 138 valence electrons. The van der Waals surface area contributed by atoms with Crippen LogP contribution in [-0.2, 0) is 11.3 Å². The maximum Gasteiger partial charge on any atom is 0.342 e. The summed E-state index contributed by atoms with van der Waals surface area (Å²) in [6, 6.07) is 14.4. The zero-order valence-corrected chi connectivity index (χ0v) is 15.8. The van der Waals surface area contributed by atoms with Gasteiger partial charge in [0, 0.05) is 38.9 Å². The highest BCUT2D eigenvalue weighted by atomic mass is 16.5. The molecule has 1 fully saturated rings. The number of esters is 1. The summed E-state index contributed by atoms with van der Waals surface area (Å²) in [6.45, 7) is 6.67. The number of ether oxygens (including phenoxy) is 1. The molecule has 1 unspecified atom stereocenters. The van der Waals surface area contributed by atoms with Crippen molar-refractivity contribution in [2.45, 2.75) is 39.0 Å². The fourth-order valence-electron chi connectivity index (χ4n) is 3.40. The fourth-order valence-corrected chi connectivity index (χ4v) is 3.40. The van der Waals surface area contributed by atoms with Gasteiger partial charge in [0.25, 0.3) is 0 Å². The van der Waals surface area contributed by atoms with Gasteiger partial charge in [-0.25, -0.2) is 9.78 Å². The monoisotopic (exact) mass is 353 g/mol. The standard InChI is InChI=1S/C21H27N3O2/c1-16(2)26-21(25)19-10-7-12-22-20(19)23(3)18-11-13-24(15-18)14-17-8-5-4-6-9-17/h4-10,12,16,18H,11,13-15H2,1-3H3. The molecule has 0 radical (unpaired) electrons. The highest BCUT2D eigenvalue weighted by molar-refractivity contribution is 5.94. The smallest absolute Gasteiger partial charge is 0.342 e. The normalized spacial score (nSPS) is 17.5. The SMILES string of the molecule is CC(C)OC(=O)c1cccnc1N(C)C1CCN(Cc2ccccc2)C1. The number of nitrogens with zero attached hydrogens (tertiary/aromatic N) is 3. The first kappa shape index (κ1) is 18.4. The molecule has 1 atom stereocenters. The second-order valence-electron chi connectivity index (χ2n) is 7.10. The van der Waals surface area contributed by atoms with Crippen LogP contribution in [0, 0.1) is 0 Å². The second-order valence-corrected chi connectivity index (χ2v) is 7.10. The second kappa shape index (κ2) is 8.32. The first-order valence-corrected chi connectivity index (χ1v) is 9.19. The van der Waals surface area contributed by atoms with Gasteiger partial charge in [-0.3, -0.25) is 4.90 Å². The van der Waals surface area contributed by atoms with E-state index in [1.54, 1.807) is 18.3 Å². The van der Waals surface area contributed by atoms with Crippen molar-refractivity contribution < 1.29 is 9.53 Å². The van der Waals surface area contributed by atoms with Crippen molar-refractivity contribution in [3.63, 3.8) is 0 Å². The van der Waals surface area contributed by atoms with E-state index in [1.807, 2.05) is 27.0 Å². The molecule has 5 nitrogen and oxygen atoms in total. The van der Waals surface area contributed by atoms with E-state index in [1.165, 1.54) is 5.56 Å². The number of rotatable bonds is 6. The Kier molecular flexibility index (Phi) is 5.89. The van der Waals surface area contributed by atoms with Gasteiger partial charge >= 0.3 is 5.97 Å². The lowest BCUT2D eigenvalue weighted by atomic mass is 10.2. The van der Waals surface area contributed by atoms with Gasteiger partial charge in [0.15, 0.2) is 0 Å².